The van der Waals surface area contributed by atoms with Crippen LogP contribution in [-0.2, 0) is 9.59 Å². The fraction of sp³-hybridized carbons (Fsp3) is 0.515. The Morgan fingerprint density at radius 3 is 1.78 bits per heavy atom. The lowest BCUT2D eigenvalue weighted by atomic mass is 9.95. The van der Waals surface area contributed by atoms with Crippen molar-refractivity contribution in [1.82, 2.24) is 4.90 Å². The lowest BCUT2D eigenvalue weighted by Gasteiger charge is -2.25. The van der Waals surface area contributed by atoms with Gasteiger partial charge in [0, 0.05) is 28.7 Å². The summed E-state index contributed by atoms with van der Waals surface area (Å²) in [5.41, 5.74) is 0.913. The van der Waals surface area contributed by atoms with Gasteiger partial charge in [0.15, 0.2) is 0 Å². The molecular formula is C33H43BrN2O5. The second kappa shape index (κ2) is 17.1. The highest BCUT2D eigenvalue weighted by atomic mass is 79.9. The van der Waals surface area contributed by atoms with E-state index >= 15 is 0 Å². The normalized spacial score (nSPS) is 16.4. The van der Waals surface area contributed by atoms with Gasteiger partial charge in [0.05, 0.1) is 16.5 Å². The number of aliphatic hydroxyl groups is 1. The average molecular weight is 628 g/mol. The smallest absolute Gasteiger partial charge is 0.295 e. The molecule has 8 heteroatoms. The Hall–Kier alpha value is -3.00. The number of amides is 1. The molecule has 7 nitrogen and oxygen atoms in total. The molecule has 1 fully saturated rings. The van der Waals surface area contributed by atoms with E-state index < -0.39 is 22.7 Å². The number of Topliss-reactive ketones (excluding diaryl/α,β-unsaturated/α-hetero) is 1. The number of ketones is 1. The number of carbonyl (C=O) groups is 2. The zero-order chi connectivity index (χ0) is 29.6. The number of non-ortho nitro benzene ring substituents is 1. The Balaban J connectivity index is 1.58. The van der Waals surface area contributed by atoms with Gasteiger partial charge < -0.3 is 10.0 Å². The molecule has 0 aromatic heterocycles. The molecule has 1 aliphatic rings. The van der Waals surface area contributed by atoms with Crippen molar-refractivity contribution in [1.29, 1.82) is 0 Å². The summed E-state index contributed by atoms with van der Waals surface area (Å²) in [5.74, 6) is -1.64. The van der Waals surface area contributed by atoms with Gasteiger partial charge in [-0.25, -0.2) is 0 Å². The van der Waals surface area contributed by atoms with E-state index in [0.717, 1.165) is 30.2 Å². The fourth-order valence-corrected chi connectivity index (χ4v) is 5.74. The Bertz CT molecular complexity index is 1180. The molecular weight excluding hydrogens is 584 g/mol. The molecule has 1 N–H and O–H groups in total. The van der Waals surface area contributed by atoms with Crippen molar-refractivity contribution in [3.63, 3.8) is 0 Å². The Labute approximate surface area is 252 Å². The van der Waals surface area contributed by atoms with Crippen molar-refractivity contribution in [2.75, 3.05) is 6.54 Å². The highest BCUT2D eigenvalue weighted by Crippen LogP contribution is 2.40. The van der Waals surface area contributed by atoms with Gasteiger partial charge in [0.25, 0.3) is 17.4 Å². The van der Waals surface area contributed by atoms with Crippen molar-refractivity contribution in [2.45, 2.75) is 103 Å². The summed E-state index contributed by atoms with van der Waals surface area (Å²) in [4.78, 5) is 38.5. The summed E-state index contributed by atoms with van der Waals surface area (Å²) >= 11 is 3.37. The average Bonchev–Trinajstić information content (AvgIpc) is 3.22. The number of nitro groups is 1. The third-order valence-corrected chi connectivity index (χ3v) is 8.36. The van der Waals surface area contributed by atoms with Gasteiger partial charge in [-0.05, 0) is 36.2 Å². The summed E-state index contributed by atoms with van der Waals surface area (Å²) in [6.45, 7) is 2.62. The highest BCUT2D eigenvalue weighted by Gasteiger charge is 2.45. The second-order valence-electron chi connectivity index (χ2n) is 10.9. The molecule has 3 rings (SSSR count). The molecule has 2 aromatic carbocycles. The summed E-state index contributed by atoms with van der Waals surface area (Å²) in [6, 6.07) is 11.9. The Kier molecular flexibility index (Phi) is 13.5. The number of unbranched alkanes of at least 4 members (excludes halogenated alkanes) is 13. The number of hydrogen-bond acceptors (Lipinski definition) is 5. The first-order valence-electron chi connectivity index (χ1n) is 15.1. The van der Waals surface area contributed by atoms with E-state index in [1.54, 1.807) is 36.4 Å². The fourth-order valence-electron chi connectivity index (χ4n) is 5.48. The van der Waals surface area contributed by atoms with Crippen molar-refractivity contribution in [3.05, 3.63) is 79.8 Å². The molecule has 0 radical (unpaired) electrons. The third-order valence-electron chi connectivity index (χ3n) is 7.83. The Morgan fingerprint density at radius 1 is 0.805 bits per heavy atom. The van der Waals surface area contributed by atoms with E-state index in [2.05, 4.69) is 22.9 Å². The van der Waals surface area contributed by atoms with E-state index in [1.165, 1.54) is 81.2 Å². The van der Waals surface area contributed by atoms with E-state index in [0.29, 0.717) is 17.7 Å². The first-order chi connectivity index (χ1) is 19.8. The van der Waals surface area contributed by atoms with Crippen LogP contribution in [0.5, 0.6) is 0 Å². The second-order valence-corrected chi connectivity index (χ2v) is 11.9. The highest BCUT2D eigenvalue weighted by molar-refractivity contribution is 9.10. The molecule has 1 atom stereocenters. The van der Waals surface area contributed by atoms with Crippen LogP contribution in [0.3, 0.4) is 0 Å². The summed E-state index contributed by atoms with van der Waals surface area (Å²) in [5, 5.41) is 22.3. The number of likely N-dealkylation sites (tertiary alicyclic amines) is 1. The maximum absolute atomic E-state index is 13.2. The molecule has 222 valence electrons. The number of nitro benzene ring substituents is 1. The van der Waals surface area contributed by atoms with Crippen LogP contribution in [0, 0.1) is 10.1 Å². The first-order valence-corrected chi connectivity index (χ1v) is 15.9. The van der Waals surface area contributed by atoms with Gasteiger partial charge in [-0.2, -0.15) is 0 Å². The van der Waals surface area contributed by atoms with Crippen LogP contribution in [0.25, 0.3) is 5.76 Å². The number of carbonyl (C=O) groups excluding carboxylic acids is 2. The number of nitrogens with zero attached hydrogens (tertiary/aromatic N) is 2. The maximum Gasteiger partial charge on any atom is 0.295 e. The summed E-state index contributed by atoms with van der Waals surface area (Å²) < 4.78 is 0.819. The Morgan fingerprint density at radius 2 is 1.29 bits per heavy atom. The zero-order valence-electron chi connectivity index (χ0n) is 24.2. The van der Waals surface area contributed by atoms with E-state index in [1.807, 2.05) is 0 Å². The topological polar surface area (TPSA) is 101 Å². The summed E-state index contributed by atoms with van der Waals surface area (Å²) in [7, 11) is 0. The van der Waals surface area contributed by atoms with Gasteiger partial charge in [0.2, 0.25) is 0 Å². The number of aliphatic hydroxyl groups excluding tert-OH is 1. The summed E-state index contributed by atoms with van der Waals surface area (Å²) in [6.07, 6.45) is 17.1. The maximum atomic E-state index is 13.2. The molecule has 1 heterocycles. The van der Waals surface area contributed by atoms with Crippen LogP contribution < -0.4 is 0 Å². The number of halogens is 1. The van der Waals surface area contributed by atoms with E-state index in [4.69, 9.17) is 0 Å². The predicted molar refractivity (Wildman–Crippen MR) is 167 cm³/mol. The molecule has 0 saturated carbocycles. The van der Waals surface area contributed by atoms with Gasteiger partial charge in [-0.15, -0.1) is 0 Å². The lowest BCUT2D eigenvalue weighted by molar-refractivity contribution is -0.384. The van der Waals surface area contributed by atoms with Gasteiger partial charge >= 0.3 is 0 Å². The molecule has 0 spiro atoms. The minimum absolute atomic E-state index is 0.0107. The first kappa shape index (κ1) is 32.5. The van der Waals surface area contributed by atoms with Crippen LogP contribution in [0.1, 0.15) is 114 Å². The van der Waals surface area contributed by atoms with Crippen molar-refractivity contribution >= 4 is 39.1 Å². The lowest BCUT2D eigenvalue weighted by Crippen LogP contribution is -2.30. The molecule has 2 aromatic rings. The third kappa shape index (κ3) is 9.52. The largest absolute Gasteiger partial charge is 0.507 e. The number of hydrogen-bond donors (Lipinski definition) is 1. The van der Waals surface area contributed by atoms with Gasteiger partial charge in [0.1, 0.15) is 5.76 Å². The van der Waals surface area contributed by atoms with Crippen LogP contribution >= 0.6 is 15.9 Å². The van der Waals surface area contributed by atoms with Crippen molar-refractivity contribution in [2.24, 2.45) is 0 Å². The van der Waals surface area contributed by atoms with Crippen LogP contribution in [0.15, 0.2) is 58.6 Å². The molecule has 0 unspecified atom stereocenters. The number of benzene rings is 2. The molecule has 0 aliphatic carbocycles. The minimum atomic E-state index is -0.804. The van der Waals surface area contributed by atoms with Crippen LogP contribution in [0.2, 0.25) is 0 Å². The molecule has 1 aliphatic heterocycles. The molecule has 0 bridgehead atoms. The quantitative estimate of drug-likeness (QED) is 0.0443. The monoisotopic (exact) mass is 626 g/mol. The minimum Gasteiger partial charge on any atom is -0.507 e. The standard InChI is InChI=1S/C33H43BrN2O5/c1-2-3-4-5-6-7-8-9-10-11-12-13-14-15-24-35-30(25-18-22-28(23-19-25)36(40)41)29(32(38)33(35)39)31(37)26-16-20-27(34)21-17-26/h16-23,30,37H,2-15,24H2,1H3/b31-29+/t30-/m0/s1. The van der Waals surface area contributed by atoms with Crippen molar-refractivity contribution in [3.8, 4) is 0 Å². The molecule has 1 amide bonds. The SMILES string of the molecule is CCCCCCCCCCCCCCCCN1C(=O)C(=O)/C(=C(/O)c2ccc(Br)cc2)[C@@H]1c1ccc([N+](=O)[O-])cc1. The predicted octanol–water partition coefficient (Wildman–Crippen LogP) is 9.26. The zero-order valence-corrected chi connectivity index (χ0v) is 25.7. The van der Waals surface area contributed by atoms with Crippen LogP contribution in [-0.4, -0.2) is 33.2 Å². The van der Waals surface area contributed by atoms with Crippen LogP contribution in [0.4, 0.5) is 5.69 Å². The van der Waals surface area contributed by atoms with E-state index in [-0.39, 0.29) is 17.0 Å². The van der Waals surface area contributed by atoms with Gasteiger partial charge in [-0.3, -0.25) is 19.7 Å². The van der Waals surface area contributed by atoms with Gasteiger partial charge in [-0.1, -0.05) is 118 Å². The number of rotatable bonds is 18. The van der Waals surface area contributed by atoms with E-state index in [9.17, 15) is 24.8 Å². The molecule has 41 heavy (non-hydrogen) atoms. The molecule has 1 saturated heterocycles. The van der Waals surface area contributed by atoms with Crippen molar-refractivity contribution < 1.29 is 19.6 Å².